The Labute approximate surface area is 159 Å². The Kier molecular flexibility index (Phi) is 6.50. The van der Waals surface area contributed by atoms with Gasteiger partial charge in [0.15, 0.2) is 0 Å². The third-order valence-corrected chi connectivity index (χ3v) is 5.45. The van der Waals surface area contributed by atoms with E-state index in [1.807, 2.05) is 18.2 Å². The maximum absolute atomic E-state index is 12.2. The Morgan fingerprint density at radius 1 is 1.15 bits per heavy atom. The molecule has 1 aliphatic rings. The van der Waals surface area contributed by atoms with Crippen LogP contribution in [-0.2, 0) is 4.79 Å². The Balaban J connectivity index is 1.52. The lowest BCUT2D eigenvalue weighted by Gasteiger charge is -2.27. The topological polar surface area (TPSA) is 58.1 Å². The first-order chi connectivity index (χ1) is 12.6. The third kappa shape index (κ3) is 5.21. The Hall–Kier alpha value is -2.08. The first kappa shape index (κ1) is 18.7. The molecule has 1 N–H and O–H groups in total. The van der Waals surface area contributed by atoms with Crippen LogP contribution in [0.1, 0.15) is 44.6 Å². The van der Waals surface area contributed by atoms with E-state index >= 15 is 0 Å². The summed E-state index contributed by atoms with van der Waals surface area (Å²) in [6.45, 7) is 6.41. The zero-order valence-corrected chi connectivity index (χ0v) is 16.3. The van der Waals surface area contributed by atoms with Crippen LogP contribution in [0.25, 0.3) is 0 Å². The summed E-state index contributed by atoms with van der Waals surface area (Å²) in [6.07, 6.45) is 5.31. The number of nitrogens with zero attached hydrogens (tertiary/aromatic N) is 3. The highest BCUT2D eigenvalue weighted by Crippen LogP contribution is 2.23. The van der Waals surface area contributed by atoms with Crippen molar-refractivity contribution in [1.29, 1.82) is 0 Å². The quantitative estimate of drug-likeness (QED) is 0.606. The monoisotopic (exact) mass is 370 g/mol. The molecule has 1 amide bonds. The van der Waals surface area contributed by atoms with Gasteiger partial charge in [-0.2, -0.15) is 0 Å². The fraction of sp³-hybridized carbons (Fsp3) is 0.450. The van der Waals surface area contributed by atoms with E-state index in [1.165, 1.54) is 36.6 Å². The number of aromatic nitrogens is 2. The Morgan fingerprint density at radius 3 is 2.58 bits per heavy atom. The van der Waals surface area contributed by atoms with Crippen LogP contribution >= 0.6 is 11.8 Å². The molecule has 1 aromatic heterocycles. The lowest BCUT2D eigenvalue weighted by atomic mass is 10.0. The van der Waals surface area contributed by atoms with Crippen LogP contribution in [0.3, 0.4) is 0 Å². The van der Waals surface area contributed by atoms with Crippen LogP contribution in [-0.4, -0.2) is 34.7 Å². The van der Waals surface area contributed by atoms with Crippen molar-refractivity contribution in [3.8, 4) is 0 Å². The van der Waals surface area contributed by atoms with Crippen molar-refractivity contribution in [3.05, 3.63) is 42.2 Å². The minimum Gasteiger partial charge on any atom is -0.356 e. The normalized spacial score (nSPS) is 14.5. The molecule has 0 spiro atoms. The maximum Gasteiger partial charge on any atom is 0.234 e. The summed E-state index contributed by atoms with van der Waals surface area (Å²) in [5, 5.41) is 3.78. The van der Waals surface area contributed by atoms with Gasteiger partial charge in [0, 0.05) is 24.8 Å². The number of hydrogen-bond acceptors (Lipinski definition) is 5. The summed E-state index contributed by atoms with van der Waals surface area (Å²) in [5.41, 5.74) is 2.10. The van der Waals surface area contributed by atoms with Gasteiger partial charge in [-0.25, -0.2) is 9.97 Å². The summed E-state index contributed by atoms with van der Waals surface area (Å²) >= 11 is 1.44. The number of hydrogen-bond donors (Lipinski definition) is 1. The third-order valence-electron chi connectivity index (χ3n) is 4.52. The zero-order valence-electron chi connectivity index (χ0n) is 15.4. The van der Waals surface area contributed by atoms with E-state index in [0.717, 1.165) is 29.6 Å². The van der Waals surface area contributed by atoms with Gasteiger partial charge in [-0.15, -0.1) is 0 Å². The smallest absolute Gasteiger partial charge is 0.234 e. The lowest BCUT2D eigenvalue weighted by Crippen LogP contribution is -2.30. The van der Waals surface area contributed by atoms with E-state index in [0.29, 0.717) is 11.7 Å². The van der Waals surface area contributed by atoms with Gasteiger partial charge in [0.25, 0.3) is 0 Å². The van der Waals surface area contributed by atoms with E-state index in [4.69, 9.17) is 0 Å². The van der Waals surface area contributed by atoms with Gasteiger partial charge in [-0.1, -0.05) is 37.7 Å². The average molecular weight is 371 g/mol. The zero-order chi connectivity index (χ0) is 18.4. The van der Waals surface area contributed by atoms with Crippen LogP contribution < -0.4 is 10.2 Å². The molecule has 0 bridgehead atoms. The van der Waals surface area contributed by atoms with Gasteiger partial charge in [-0.05, 0) is 42.9 Å². The summed E-state index contributed by atoms with van der Waals surface area (Å²) in [5.74, 6) is 1.77. The molecule has 6 heteroatoms. The number of benzene rings is 1. The maximum atomic E-state index is 12.2. The van der Waals surface area contributed by atoms with Gasteiger partial charge < -0.3 is 10.2 Å². The molecule has 26 heavy (non-hydrogen) atoms. The van der Waals surface area contributed by atoms with Gasteiger partial charge in [0.1, 0.15) is 17.2 Å². The van der Waals surface area contributed by atoms with Crippen molar-refractivity contribution < 1.29 is 4.79 Å². The van der Waals surface area contributed by atoms with Crippen LogP contribution in [0.15, 0.2) is 41.7 Å². The summed E-state index contributed by atoms with van der Waals surface area (Å²) in [7, 11) is 0. The molecule has 3 rings (SSSR count). The minimum absolute atomic E-state index is 0.0227. The van der Waals surface area contributed by atoms with E-state index in [9.17, 15) is 4.79 Å². The molecule has 0 radical (unpaired) electrons. The highest BCUT2D eigenvalue weighted by Gasteiger charge is 2.13. The largest absolute Gasteiger partial charge is 0.356 e. The number of nitrogens with one attached hydrogen (secondary N) is 1. The number of thioether (sulfide) groups is 1. The van der Waals surface area contributed by atoms with E-state index < -0.39 is 0 Å². The molecule has 0 unspecified atom stereocenters. The average Bonchev–Trinajstić information content (AvgIpc) is 2.68. The molecule has 1 aliphatic heterocycles. The second-order valence-electron chi connectivity index (χ2n) is 6.88. The molecule has 0 saturated carbocycles. The fourth-order valence-corrected chi connectivity index (χ4v) is 3.65. The van der Waals surface area contributed by atoms with Crippen molar-refractivity contribution in [2.45, 2.75) is 44.1 Å². The minimum atomic E-state index is -0.0227. The van der Waals surface area contributed by atoms with Crippen LogP contribution in [0.4, 0.5) is 11.5 Å². The van der Waals surface area contributed by atoms with E-state index in [2.05, 4.69) is 46.2 Å². The first-order valence-corrected chi connectivity index (χ1v) is 10.2. The van der Waals surface area contributed by atoms with Gasteiger partial charge in [0.05, 0.1) is 5.75 Å². The number of carbonyl (C=O) groups is 1. The summed E-state index contributed by atoms with van der Waals surface area (Å²) in [4.78, 5) is 23.2. The molecule has 0 aliphatic carbocycles. The fourth-order valence-electron chi connectivity index (χ4n) is 2.99. The number of rotatable bonds is 6. The molecule has 0 atom stereocenters. The molecule has 1 fully saturated rings. The molecular formula is C20H26N4OS. The molecule has 1 aromatic carbocycles. The van der Waals surface area contributed by atoms with E-state index in [-0.39, 0.29) is 5.91 Å². The van der Waals surface area contributed by atoms with Crippen molar-refractivity contribution in [3.63, 3.8) is 0 Å². The molecule has 5 nitrogen and oxygen atoms in total. The number of anilines is 2. The number of carbonyl (C=O) groups excluding carboxylic acids is 1. The van der Waals surface area contributed by atoms with Crippen molar-refractivity contribution in [2.24, 2.45) is 0 Å². The van der Waals surface area contributed by atoms with Gasteiger partial charge >= 0.3 is 0 Å². The molecule has 1 saturated heterocycles. The molecule has 138 valence electrons. The van der Waals surface area contributed by atoms with Crippen molar-refractivity contribution >= 4 is 29.2 Å². The van der Waals surface area contributed by atoms with Crippen LogP contribution in [0.5, 0.6) is 0 Å². The standard InChI is InChI=1S/C20H26N4OS/c1-15(2)16-6-8-17(9-7-16)23-19(25)13-26-20-12-18(21-14-22-20)24-10-4-3-5-11-24/h6-9,12,14-15H,3-5,10-11,13H2,1-2H3,(H,23,25). The van der Waals surface area contributed by atoms with Crippen molar-refractivity contribution in [1.82, 2.24) is 9.97 Å². The first-order valence-electron chi connectivity index (χ1n) is 9.21. The van der Waals surface area contributed by atoms with Gasteiger partial charge in [0.2, 0.25) is 5.91 Å². The Bertz CT molecular complexity index is 727. The summed E-state index contributed by atoms with van der Waals surface area (Å²) in [6, 6.07) is 10.0. The predicted octanol–water partition coefficient (Wildman–Crippen LogP) is 4.32. The second kappa shape index (κ2) is 9.03. The highest BCUT2D eigenvalue weighted by molar-refractivity contribution is 7.99. The molecular weight excluding hydrogens is 344 g/mol. The van der Waals surface area contributed by atoms with Crippen LogP contribution in [0.2, 0.25) is 0 Å². The predicted molar refractivity (Wildman–Crippen MR) is 108 cm³/mol. The van der Waals surface area contributed by atoms with Crippen molar-refractivity contribution in [2.75, 3.05) is 29.1 Å². The SMILES string of the molecule is CC(C)c1ccc(NC(=O)CSc2cc(N3CCCCC3)ncn2)cc1. The van der Waals surface area contributed by atoms with Crippen LogP contribution in [0, 0.1) is 0 Å². The molecule has 2 heterocycles. The molecule has 2 aromatic rings. The number of amides is 1. The second-order valence-corrected chi connectivity index (χ2v) is 7.87. The van der Waals surface area contributed by atoms with Gasteiger partial charge in [-0.3, -0.25) is 4.79 Å². The lowest BCUT2D eigenvalue weighted by molar-refractivity contribution is -0.113. The highest BCUT2D eigenvalue weighted by atomic mass is 32.2. The number of piperidine rings is 1. The summed E-state index contributed by atoms with van der Waals surface area (Å²) < 4.78 is 0. The Morgan fingerprint density at radius 2 is 1.88 bits per heavy atom. The van der Waals surface area contributed by atoms with E-state index in [1.54, 1.807) is 6.33 Å².